The van der Waals surface area contributed by atoms with Crippen molar-refractivity contribution in [1.29, 1.82) is 0 Å². The largest absolute Gasteiger partial charge is 0.396 e. The van der Waals surface area contributed by atoms with Gasteiger partial charge in [0.1, 0.15) is 0 Å². The highest BCUT2D eigenvalue weighted by molar-refractivity contribution is 5.75. The van der Waals surface area contributed by atoms with E-state index in [0.717, 1.165) is 32.4 Å². The van der Waals surface area contributed by atoms with E-state index >= 15 is 0 Å². The normalized spacial score (nSPS) is 10.0. The van der Waals surface area contributed by atoms with Gasteiger partial charge in [-0.05, 0) is 32.4 Å². The summed E-state index contributed by atoms with van der Waals surface area (Å²) >= 11 is 0. The van der Waals surface area contributed by atoms with Gasteiger partial charge in [-0.15, -0.1) is 0 Å². The molecular formula is C9H20N2O2. The second kappa shape index (κ2) is 9.48. The van der Waals surface area contributed by atoms with E-state index in [1.165, 1.54) is 0 Å². The Morgan fingerprint density at radius 3 is 2.54 bits per heavy atom. The molecule has 0 aliphatic heterocycles. The van der Waals surface area contributed by atoms with Gasteiger partial charge in [-0.3, -0.25) is 4.79 Å². The minimum atomic E-state index is 0.0946. The Labute approximate surface area is 79.7 Å². The zero-order chi connectivity index (χ0) is 9.94. The first-order chi connectivity index (χ1) is 6.31. The van der Waals surface area contributed by atoms with Crippen LogP contribution in [0, 0.1) is 0 Å². The molecule has 0 aromatic heterocycles. The molecule has 3 N–H and O–H groups in total. The molecule has 0 atom stereocenters. The lowest BCUT2D eigenvalue weighted by molar-refractivity contribution is -0.120. The van der Waals surface area contributed by atoms with Crippen LogP contribution in [0.5, 0.6) is 0 Å². The molecular weight excluding hydrogens is 168 g/mol. The zero-order valence-corrected chi connectivity index (χ0v) is 8.31. The van der Waals surface area contributed by atoms with Crippen LogP contribution in [0.3, 0.4) is 0 Å². The Kier molecular flexibility index (Phi) is 9.03. The van der Waals surface area contributed by atoms with Crippen LogP contribution in [0.15, 0.2) is 0 Å². The number of aliphatic hydroxyl groups excluding tert-OH is 1. The lowest BCUT2D eigenvalue weighted by Gasteiger charge is -2.03. The topological polar surface area (TPSA) is 61.4 Å². The number of rotatable bonds is 8. The number of carbonyl (C=O) groups excluding carboxylic acids is 1. The smallest absolute Gasteiger partial charge is 0.219 e. The fourth-order valence-electron chi connectivity index (χ4n) is 0.986. The molecule has 0 heterocycles. The first kappa shape index (κ1) is 12.4. The number of amides is 1. The molecule has 0 radical (unpaired) electrons. The van der Waals surface area contributed by atoms with Crippen molar-refractivity contribution < 1.29 is 9.90 Å². The van der Waals surface area contributed by atoms with Gasteiger partial charge in [0.25, 0.3) is 0 Å². The standard InChI is InChI=1S/C9H20N2O2/c1-10-9(13)5-4-7-11-6-2-3-8-12/h11-12H,2-8H2,1H3,(H,10,13). The molecule has 0 aromatic rings. The summed E-state index contributed by atoms with van der Waals surface area (Å²) < 4.78 is 0. The highest BCUT2D eigenvalue weighted by Gasteiger charge is 1.95. The van der Waals surface area contributed by atoms with Crippen molar-refractivity contribution in [2.45, 2.75) is 25.7 Å². The molecule has 78 valence electrons. The third kappa shape index (κ3) is 9.30. The van der Waals surface area contributed by atoms with E-state index in [9.17, 15) is 4.79 Å². The maximum absolute atomic E-state index is 10.8. The molecule has 0 rings (SSSR count). The van der Waals surface area contributed by atoms with Crippen LogP contribution in [0.4, 0.5) is 0 Å². The van der Waals surface area contributed by atoms with Crippen LogP contribution < -0.4 is 10.6 Å². The molecule has 0 saturated carbocycles. The van der Waals surface area contributed by atoms with Crippen molar-refractivity contribution in [2.24, 2.45) is 0 Å². The molecule has 0 spiro atoms. The van der Waals surface area contributed by atoms with Gasteiger partial charge in [0.15, 0.2) is 0 Å². The first-order valence-electron chi connectivity index (χ1n) is 4.83. The molecule has 0 fully saturated rings. The van der Waals surface area contributed by atoms with Crippen LogP contribution in [0.1, 0.15) is 25.7 Å². The van der Waals surface area contributed by atoms with Crippen molar-refractivity contribution in [1.82, 2.24) is 10.6 Å². The lowest BCUT2D eigenvalue weighted by atomic mass is 10.3. The predicted octanol–water partition coefficient (Wildman–Crippen LogP) is -0.125. The molecule has 4 nitrogen and oxygen atoms in total. The number of unbranched alkanes of at least 4 members (excludes halogenated alkanes) is 1. The quantitative estimate of drug-likeness (QED) is 0.465. The molecule has 0 saturated heterocycles. The maximum atomic E-state index is 10.8. The van der Waals surface area contributed by atoms with Crippen molar-refractivity contribution in [3.63, 3.8) is 0 Å². The maximum Gasteiger partial charge on any atom is 0.219 e. The van der Waals surface area contributed by atoms with Crippen molar-refractivity contribution >= 4 is 5.91 Å². The molecule has 1 amide bonds. The van der Waals surface area contributed by atoms with Crippen LogP contribution in [-0.2, 0) is 4.79 Å². The second-order valence-electron chi connectivity index (χ2n) is 2.96. The summed E-state index contributed by atoms with van der Waals surface area (Å²) in [5.41, 5.74) is 0. The second-order valence-corrected chi connectivity index (χ2v) is 2.96. The Morgan fingerprint density at radius 1 is 1.23 bits per heavy atom. The van der Waals surface area contributed by atoms with Crippen molar-refractivity contribution in [3.05, 3.63) is 0 Å². The van der Waals surface area contributed by atoms with E-state index < -0.39 is 0 Å². The van der Waals surface area contributed by atoms with Gasteiger partial charge in [-0.25, -0.2) is 0 Å². The highest BCUT2D eigenvalue weighted by atomic mass is 16.2. The Morgan fingerprint density at radius 2 is 1.92 bits per heavy atom. The van der Waals surface area contributed by atoms with Crippen LogP contribution in [0.25, 0.3) is 0 Å². The van der Waals surface area contributed by atoms with Crippen LogP contribution >= 0.6 is 0 Å². The van der Waals surface area contributed by atoms with E-state index in [0.29, 0.717) is 6.42 Å². The molecule has 0 aromatic carbocycles. The predicted molar refractivity (Wildman–Crippen MR) is 52.5 cm³/mol. The van der Waals surface area contributed by atoms with E-state index in [-0.39, 0.29) is 12.5 Å². The van der Waals surface area contributed by atoms with Crippen LogP contribution in [0.2, 0.25) is 0 Å². The van der Waals surface area contributed by atoms with Gasteiger partial charge in [0.05, 0.1) is 0 Å². The summed E-state index contributed by atoms with van der Waals surface area (Å²) in [5.74, 6) is 0.0946. The average Bonchev–Trinajstić information content (AvgIpc) is 2.16. The minimum Gasteiger partial charge on any atom is -0.396 e. The van der Waals surface area contributed by atoms with E-state index in [1.54, 1.807) is 7.05 Å². The molecule has 0 bridgehead atoms. The third-order valence-corrected chi connectivity index (χ3v) is 1.80. The summed E-state index contributed by atoms with van der Waals surface area (Å²) in [6.45, 7) is 2.06. The number of carbonyl (C=O) groups is 1. The third-order valence-electron chi connectivity index (χ3n) is 1.80. The zero-order valence-electron chi connectivity index (χ0n) is 8.31. The minimum absolute atomic E-state index is 0.0946. The Hall–Kier alpha value is -0.610. The van der Waals surface area contributed by atoms with E-state index in [1.807, 2.05) is 0 Å². The summed E-state index contributed by atoms with van der Waals surface area (Å²) in [6, 6.07) is 0. The summed E-state index contributed by atoms with van der Waals surface area (Å²) in [4.78, 5) is 10.8. The van der Waals surface area contributed by atoms with Crippen LogP contribution in [-0.4, -0.2) is 37.8 Å². The van der Waals surface area contributed by atoms with Gasteiger partial charge in [0.2, 0.25) is 5.91 Å². The average molecular weight is 188 g/mol. The fourth-order valence-corrected chi connectivity index (χ4v) is 0.986. The molecule has 13 heavy (non-hydrogen) atoms. The molecule has 0 aliphatic rings. The number of aliphatic hydroxyl groups is 1. The van der Waals surface area contributed by atoms with Gasteiger partial charge >= 0.3 is 0 Å². The molecule has 0 aliphatic carbocycles. The summed E-state index contributed by atoms with van der Waals surface area (Å²) in [7, 11) is 1.65. The molecule has 0 unspecified atom stereocenters. The number of hydrogen-bond donors (Lipinski definition) is 3. The highest BCUT2D eigenvalue weighted by Crippen LogP contribution is 1.87. The van der Waals surface area contributed by atoms with Crippen molar-refractivity contribution in [2.75, 3.05) is 26.7 Å². The van der Waals surface area contributed by atoms with Crippen molar-refractivity contribution in [3.8, 4) is 0 Å². The molecule has 4 heteroatoms. The fraction of sp³-hybridized carbons (Fsp3) is 0.889. The van der Waals surface area contributed by atoms with E-state index in [2.05, 4.69) is 10.6 Å². The Bertz CT molecular complexity index is 129. The van der Waals surface area contributed by atoms with Gasteiger partial charge < -0.3 is 15.7 Å². The summed E-state index contributed by atoms with van der Waals surface area (Å²) in [6.07, 6.45) is 3.31. The summed E-state index contributed by atoms with van der Waals surface area (Å²) in [5, 5.41) is 14.3. The van der Waals surface area contributed by atoms with Gasteiger partial charge in [0, 0.05) is 20.1 Å². The number of nitrogens with one attached hydrogen (secondary N) is 2. The lowest BCUT2D eigenvalue weighted by Crippen LogP contribution is -2.21. The van der Waals surface area contributed by atoms with Gasteiger partial charge in [-0.1, -0.05) is 0 Å². The SMILES string of the molecule is CNC(=O)CCCNCCCCO. The Balaban J connectivity index is 2.95. The monoisotopic (exact) mass is 188 g/mol. The van der Waals surface area contributed by atoms with Gasteiger partial charge in [-0.2, -0.15) is 0 Å². The van der Waals surface area contributed by atoms with E-state index in [4.69, 9.17) is 5.11 Å². The number of hydrogen-bond acceptors (Lipinski definition) is 3. The first-order valence-corrected chi connectivity index (χ1v) is 4.83.